The molecule has 1 aliphatic rings. The zero-order chi connectivity index (χ0) is 17.7. The molecule has 134 valence electrons. The van der Waals surface area contributed by atoms with Gasteiger partial charge < -0.3 is 9.64 Å². The van der Waals surface area contributed by atoms with Gasteiger partial charge in [0.2, 0.25) is 10.0 Å². The number of carbonyl (C=O) groups is 1. The Labute approximate surface area is 152 Å². The highest BCUT2D eigenvalue weighted by atomic mass is 35.5. The predicted molar refractivity (Wildman–Crippen MR) is 94.2 cm³/mol. The second-order valence-electron chi connectivity index (χ2n) is 5.72. The molecule has 1 fully saturated rings. The lowest BCUT2D eigenvalue weighted by atomic mass is 10.0. The van der Waals surface area contributed by atoms with Crippen LogP contribution in [0.25, 0.3) is 0 Å². The van der Waals surface area contributed by atoms with Crippen LogP contribution in [0.2, 0.25) is 10.0 Å². The summed E-state index contributed by atoms with van der Waals surface area (Å²) in [5.74, 6) is 0.193. The Morgan fingerprint density at radius 1 is 1.38 bits per heavy atom. The first-order valence-corrected chi connectivity index (χ1v) is 10.2. The minimum Gasteiger partial charge on any atom is -0.482 e. The molecule has 1 atom stereocenters. The summed E-state index contributed by atoms with van der Waals surface area (Å²) in [6.07, 6.45) is 3.72. The Balaban J connectivity index is 1.95. The topological polar surface area (TPSA) is 75.7 Å². The fourth-order valence-corrected chi connectivity index (χ4v) is 3.56. The van der Waals surface area contributed by atoms with Gasteiger partial charge in [-0.2, -0.15) is 0 Å². The van der Waals surface area contributed by atoms with Crippen LogP contribution in [0.15, 0.2) is 18.2 Å². The zero-order valence-corrected chi connectivity index (χ0v) is 15.6. The lowest BCUT2D eigenvalue weighted by Gasteiger charge is -2.35. The van der Waals surface area contributed by atoms with Gasteiger partial charge in [-0.05, 0) is 37.5 Å². The monoisotopic (exact) mass is 394 g/mol. The molecule has 9 heteroatoms. The van der Waals surface area contributed by atoms with Gasteiger partial charge in [0.1, 0.15) is 5.75 Å². The summed E-state index contributed by atoms with van der Waals surface area (Å²) in [7, 11) is -3.29. The maximum Gasteiger partial charge on any atom is 0.260 e. The maximum absolute atomic E-state index is 12.4. The van der Waals surface area contributed by atoms with Crippen molar-refractivity contribution in [1.82, 2.24) is 9.62 Å². The van der Waals surface area contributed by atoms with Crippen molar-refractivity contribution in [2.45, 2.75) is 25.3 Å². The van der Waals surface area contributed by atoms with E-state index in [1.54, 1.807) is 23.1 Å². The van der Waals surface area contributed by atoms with Crippen LogP contribution in [0.5, 0.6) is 5.75 Å². The highest BCUT2D eigenvalue weighted by Crippen LogP contribution is 2.27. The molecular formula is C15H20Cl2N2O4S. The van der Waals surface area contributed by atoms with Crippen LogP contribution < -0.4 is 9.46 Å². The molecule has 24 heavy (non-hydrogen) atoms. The summed E-state index contributed by atoms with van der Waals surface area (Å²) in [5, 5.41) is 0.825. The largest absolute Gasteiger partial charge is 0.482 e. The molecule has 0 saturated carbocycles. The number of sulfonamides is 1. The third-order valence-electron chi connectivity index (χ3n) is 3.77. The normalized spacial score (nSPS) is 18.5. The molecule has 1 saturated heterocycles. The summed E-state index contributed by atoms with van der Waals surface area (Å²) in [6.45, 7) is 0.648. The van der Waals surface area contributed by atoms with Gasteiger partial charge in [0.15, 0.2) is 6.61 Å². The Kier molecular flexibility index (Phi) is 6.74. The first-order chi connectivity index (χ1) is 11.3. The molecule has 1 aromatic carbocycles. The number of ether oxygens (including phenoxy) is 1. The molecule has 1 heterocycles. The van der Waals surface area contributed by atoms with Gasteiger partial charge in [-0.25, -0.2) is 13.1 Å². The third-order valence-corrected chi connectivity index (χ3v) is 5.00. The van der Waals surface area contributed by atoms with E-state index in [0.29, 0.717) is 22.3 Å². The SMILES string of the molecule is CS(=O)(=O)NCC1CCCCN1C(=O)COc1ccc(Cl)cc1Cl. The first-order valence-electron chi connectivity index (χ1n) is 7.58. The number of amides is 1. The van der Waals surface area contributed by atoms with E-state index >= 15 is 0 Å². The highest BCUT2D eigenvalue weighted by Gasteiger charge is 2.27. The third kappa shape index (κ3) is 5.81. The number of hydrogen-bond donors (Lipinski definition) is 1. The van der Waals surface area contributed by atoms with Gasteiger partial charge in [0, 0.05) is 24.2 Å². The van der Waals surface area contributed by atoms with Crippen LogP contribution in [0, 0.1) is 0 Å². The summed E-state index contributed by atoms with van der Waals surface area (Å²) in [4.78, 5) is 14.1. The number of halogens is 2. The van der Waals surface area contributed by atoms with E-state index in [2.05, 4.69) is 4.72 Å². The molecule has 0 bridgehead atoms. The Morgan fingerprint density at radius 2 is 2.12 bits per heavy atom. The number of carbonyl (C=O) groups excluding carboxylic acids is 1. The van der Waals surface area contributed by atoms with Crippen molar-refractivity contribution in [3.8, 4) is 5.75 Å². The van der Waals surface area contributed by atoms with Crippen molar-refractivity contribution in [3.63, 3.8) is 0 Å². The van der Waals surface area contributed by atoms with E-state index in [4.69, 9.17) is 27.9 Å². The molecule has 1 aliphatic heterocycles. The van der Waals surface area contributed by atoms with Crippen LogP contribution >= 0.6 is 23.2 Å². The van der Waals surface area contributed by atoms with Crippen molar-refractivity contribution in [2.75, 3.05) is 26.0 Å². The number of rotatable bonds is 6. The van der Waals surface area contributed by atoms with Crippen molar-refractivity contribution < 1.29 is 17.9 Å². The van der Waals surface area contributed by atoms with E-state index in [0.717, 1.165) is 25.5 Å². The summed E-state index contributed by atoms with van der Waals surface area (Å²) in [6, 6.07) is 4.62. The Bertz CT molecular complexity index is 697. The van der Waals surface area contributed by atoms with Gasteiger partial charge in [-0.15, -0.1) is 0 Å². The standard InChI is InChI=1S/C15H20Cl2N2O4S/c1-24(21,22)18-9-12-4-2-3-7-19(12)15(20)10-23-14-6-5-11(16)8-13(14)17/h5-6,8,12,18H,2-4,7,9-10H2,1H3. The van der Waals surface area contributed by atoms with Gasteiger partial charge in [-0.1, -0.05) is 23.2 Å². The molecule has 6 nitrogen and oxygen atoms in total. The number of piperidine rings is 1. The van der Waals surface area contributed by atoms with Gasteiger partial charge in [-0.3, -0.25) is 4.79 Å². The molecule has 1 amide bonds. The summed E-state index contributed by atoms with van der Waals surface area (Å²) in [5.41, 5.74) is 0. The van der Waals surface area contributed by atoms with E-state index in [-0.39, 0.29) is 25.1 Å². The van der Waals surface area contributed by atoms with E-state index < -0.39 is 10.0 Å². The summed E-state index contributed by atoms with van der Waals surface area (Å²) >= 11 is 11.8. The van der Waals surface area contributed by atoms with Crippen LogP contribution in [-0.2, 0) is 14.8 Å². The lowest BCUT2D eigenvalue weighted by Crippen LogP contribution is -2.50. The number of nitrogens with zero attached hydrogens (tertiary/aromatic N) is 1. The number of likely N-dealkylation sites (tertiary alicyclic amines) is 1. The molecule has 0 radical (unpaired) electrons. The van der Waals surface area contributed by atoms with Gasteiger partial charge >= 0.3 is 0 Å². The van der Waals surface area contributed by atoms with Crippen LogP contribution in [0.4, 0.5) is 0 Å². The van der Waals surface area contributed by atoms with Crippen LogP contribution in [0.1, 0.15) is 19.3 Å². The fraction of sp³-hybridized carbons (Fsp3) is 0.533. The van der Waals surface area contributed by atoms with Crippen molar-refractivity contribution >= 4 is 39.1 Å². The van der Waals surface area contributed by atoms with Crippen LogP contribution in [0.3, 0.4) is 0 Å². The molecule has 0 spiro atoms. The Hall–Kier alpha value is -1.02. The molecule has 1 unspecified atom stereocenters. The maximum atomic E-state index is 12.4. The molecular weight excluding hydrogens is 375 g/mol. The van der Waals surface area contributed by atoms with Crippen molar-refractivity contribution in [2.24, 2.45) is 0 Å². The van der Waals surface area contributed by atoms with Crippen molar-refractivity contribution in [1.29, 1.82) is 0 Å². The lowest BCUT2D eigenvalue weighted by molar-refractivity contribution is -0.136. The molecule has 1 aromatic rings. The minimum atomic E-state index is -3.29. The van der Waals surface area contributed by atoms with Gasteiger partial charge in [0.05, 0.1) is 11.3 Å². The van der Waals surface area contributed by atoms with E-state index in [1.165, 1.54) is 0 Å². The number of benzene rings is 1. The highest BCUT2D eigenvalue weighted by molar-refractivity contribution is 7.88. The van der Waals surface area contributed by atoms with Crippen molar-refractivity contribution in [3.05, 3.63) is 28.2 Å². The summed E-state index contributed by atoms with van der Waals surface area (Å²) < 4.78 is 30.5. The average Bonchev–Trinajstić information content (AvgIpc) is 2.51. The molecule has 2 rings (SSSR count). The second kappa shape index (κ2) is 8.38. The van der Waals surface area contributed by atoms with Crippen LogP contribution in [-0.4, -0.2) is 51.2 Å². The smallest absolute Gasteiger partial charge is 0.260 e. The second-order valence-corrected chi connectivity index (χ2v) is 8.40. The zero-order valence-electron chi connectivity index (χ0n) is 13.3. The first kappa shape index (κ1) is 19.3. The quantitative estimate of drug-likeness (QED) is 0.802. The molecule has 0 aromatic heterocycles. The molecule has 0 aliphatic carbocycles. The predicted octanol–water partition coefficient (Wildman–Crippen LogP) is 2.30. The van der Waals surface area contributed by atoms with Gasteiger partial charge in [0.25, 0.3) is 5.91 Å². The number of nitrogens with one attached hydrogen (secondary N) is 1. The fourth-order valence-electron chi connectivity index (χ4n) is 2.60. The van der Waals surface area contributed by atoms with E-state index in [1.807, 2.05) is 0 Å². The number of hydrogen-bond acceptors (Lipinski definition) is 4. The average molecular weight is 395 g/mol. The van der Waals surface area contributed by atoms with E-state index in [9.17, 15) is 13.2 Å². The molecule has 1 N–H and O–H groups in total. The minimum absolute atomic E-state index is 0.156. The Morgan fingerprint density at radius 3 is 2.79 bits per heavy atom.